The van der Waals surface area contributed by atoms with E-state index in [2.05, 4.69) is 66.7 Å². The highest BCUT2D eigenvalue weighted by Gasteiger charge is 2.26. The molecule has 3 rings (SSSR count). The molecular weight excluding hydrogens is 396 g/mol. The van der Waals surface area contributed by atoms with Crippen LogP contribution in [0.3, 0.4) is 0 Å². The second-order valence-electron chi connectivity index (χ2n) is 9.23. The second kappa shape index (κ2) is 11.4. The van der Waals surface area contributed by atoms with Gasteiger partial charge >= 0.3 is 0 Å². The number of benzene rings is 1. The van der Waals surface area contributed by atoms with E-state index in [0.29, 0.717) is 5.91 Å². The maximum Gasteiger partial charge on any atom is 0.225 e. The lowest BCUT2D eigenvalue weighted by Gasteiger charge is -2.27. The lowest BCUT2D eigenvalue weighted by atomic mass is 9.97. The van der Waals surface area contributed by atoms with Crippen LogP contribution in [-0.4, -0.2) is 47.0 Å². The zero-order valence-corrected chi connectivity index (χ0v) is 20.7. The summed E-state index contributed by atoms with van der Waals surface area (Å²) in [5.74, 6) is 2.37. The lowest BCUT2D eigenvalue weighted by Crippen LogP contribution is -2.39. The van der Waals surface area contributed by atoms with E-state index in [-0.39, 0.29) is 5.92 Å². The number of hydrogen-bond donors (Lipinski definition) is 0. The van der Waals surface area contributed by atoms with Gasteiger partial charge in [-0.3, -0.25) is 4.79 Å². The van der Waals surface area contributed by atoms with Gasteiger partial charge in [-0.15, -0.1) is 0 Å². The van der Waals surface area contributed by atoms with Crippen LogP contribution < -0.4 is 4.90 Å². The standard InChI is InChI=1S/C27H40N4O/c1-6-8-10-24(7-2)27(32)31-16-9-15-30(17-18-31)26-25(21(4)28-22(5)29-26)19-23-13-11-20(3)12-14-23/h11-14,24H,6-10,15-19H2,1-5H3. The summed E-state index contributed by atoms with van der Waals surface area (Å²) in [5, 5.41) is 0. The Labute approximate surface area is 194 Å². The summed E-state index contributed by atoms with van der Waals surface area (Å²) in [6.45, 7) is 13.9. The number of nitrogens with zero attached hydrogens (tertiary/aromatic N) is 4. The largest absolute Gasteiger partial charge is 0.354 e. The molecule has 0 radical (unpaired) electrons. The van der Waals surface area contributed by atoms with Crippen LogP contribution in [0.2, 0.25) is 0 Å². The Balaban J connectivity index is 1.78. The van der Waals surface area contributed by atoms with Crippen LogP contribution in [0.5, 0.6) is 0 Å². The first kappa shape index (κ1) is 24.2. The molecule has 0 spiro atoms. The number of rotatable bonds is 8. The summed E-state index contributed by atoms with van der Waals surface area (Å²) < 4.78 is 0. The number of amides is 1. The Hall–Kier alpha value is -2.43. The maximum absolute atomic E-state index is 13.2. The monoisotopic (exact) mass is 436 g/mol. The summed E-state index contributed by atoms with van der Waals surface area (Å²) in [4.78, 5) is 27.2. The summed E-state index contributed by atoms with van der Waals surface area (Å²) in [6.07, 6.45) is 6.03. The van der Waals surface area contributed by atoms with E-state index in [1.807, 2.05) is 6.92 Å². The topological polar surface area (TPSA) is 49.3 Å². The molecule has 0 bridgehead atoms. The number of carbonyl (C=O) groups excluding carboxylic acids is 1. The van der Waals surface area contributed by atoms with Crippen molar-refractivity contribution in [2.45, 2.75) is 73.1 Å². The first-order valence-corrected chi connectivity index (χ1v) is 12.4. The van der Waals surface area contributed by atoms with Crippen LogP contribution in [0.25, 0.3) is 0 Å². The van der Waals surface area contributed by atoms with E-state index >= 15 is 0 Å². The summed E-state index contributed by atoms with van der Waals surface area (Å²) in [7, 11) is 0. The van der Waals surface area contributed by atoms with Crippen LogP contribution >= 0.6 is 0 Å². The Kier molecular flexibility index (Phi) is 8.66. The Bertz CT molecular complexity index is 893. The van der Waals surface area contributed by atoms with Crippen LogP contribution in [0.1, 0.15) is 74.2 Å². The molecule has 174 valence electrons. The molecule has 2 heterocycles. The number of aryl methyl sites for hydroxylation is 3. The van der Waals surface area contributed by atoms with Crippen molar-refractivity contribution in [1.29, 1.82) is 0 Å². The van der Waals surface area contributed by atoms with Crippen molar-refractivity contribution in [3.05, 3.63) is 52.5 Å². The van der Waals surface area contributed by atoms with Crippen LogP contribution in [0, 0.1) is 26.7 Å². The molecule has 1 atom stereocenters. The van der Waals surface area contributed by atoms with Gasteiger partial charge in [-0.2, -0.15) is 0 Å². The van der Waals surface area contributed by atoms with E-state index in [1.54, 1.807) is 0 Å². The lowest BCUT2D eigenvalue weighted by molar-refractivity contribution is -0.135. The molecule has 1 aliphatic heterocycles. The second-order valence-corrected chi connectivity index (χ2v) is 9.23. The fourth-order valence-electron chi connectivity index (χ4n) is 4.66. The highest BCUT2D eigenvalue weighted by molar-refractivity contribution is 5.79. The molecular formula is C27H40N4O. The molecule has 1 aliphatic rings. The molecule has 1 fully saturated rings. The maximum atomic E-state index is 13.2. The predicted octanol–water partition coefficient (Wildman–Crippen LogP) is 5.25. The molecule has 0 saturated carbocycles. The van der Waals surface area contributed by atoms with Gasteiger partial charge in [0, 0.05) is 49.8 Å². The first-order valence-electron chi connectivity index (χ1n) is 12.4. The number of anilines is 1. The normalized spacial score (nSPS) is 15.5. The molecule has 1 aromatic carbocycles. The van der Waals surface area contributed by atoms with Gasteiger partial charge in [-0.1, -0.05) is 56.5 Å². The number of carbonyl (C=O) groups is 1. The number of unbranched alkanes of at least 4 members (excludes halogenated alkanes) is 1. The third-order valence-corrected chi connectivity index (χ3v) is 6.66. The fourth-order valence-corrected chi connectivity index (χ4v) is 4.66. The van der Waals surface area contributed by atoms with Crippen molar-refractivity contribution in [2.75, 3.05) is 31.1 Å². The third-order valence-electron chi connectivity index (χ3n) is 6.66. The van der Waals surface area contributed by atoms with Crippen molar-refractivity contribution in [1.82, 2.24) is 14.9 Å². The Morgan fingerprint density at radius 1 is 1.00 bits per heavy atom. The average Bonchev–Trinajstić information content (AvgIpc) is 3.03. The van der Waals surface area contributed by atoms with Crippen molar-refractivity contribution in [3.63, 3.8) is 0 Å². The van der Waals surface area contributed by atoms with Crippen molar-refractivity contribution < 1.29 is 4.79 Å². The van der Waals surface area contributed by atoms with Crippen molar-refractivity contribution >= 4 is 11.7 Å². The van der Waals surface area contributed by atoms with Crippen molar-refractivity contribution in [3.8, 4) is 0 Å². The highest BCUT2D eigenvalue weighted by Crippen LogP contribution is 2.26. The third kappa shape index (κ3) is 6.08. The predicted molar refractivity (Wildman–Crippen MR) is 132 cm³/mol. The van der Waals surface area contributed by atoms with E-state index in [0.717, 1.165) is 82.0 Å². The molecule has 32 heavy (non-hydrogen) atoms. The van der Waals surface area contributed by atoms with E-state index in [1.165, 1.54) is 16.7 Å². The van der Waals surface area contributed by atoms with E-state index < -0.39 is 0 Å². The minimum Gasteiger partial charge on any atom is -0.354 e. The average molecular weight is 437 g/mol. The van der Waals surface area contributed by atoms with E-state index in [9.17, 15) is 4.79 Å². The Morgan fingerprint density at radius 2 is 1.75 bits per heavy atom. The zero-order chi connectivity index (χ0) is 23.1. The smallest absolute Gasteiger partial charge is 0.225 e. The molecule has 0 aliphatic carbocycles. The van der Waals surface area contributed by atoms with Crippen LogP contribution in [-0.2, 0) is 11.2 Å². The zero-order valence-electron chi connectivity index (χ0n) is 20.7. The van der Waals surface area contributed by atoms with Gasteiger partial charge in [0.05, 0.1) is 0 Å². The molecule has 5 nitrogen and oxygen atoms in total. The van der Waals surface area contributed by atoms with Gasteiger partial charge in [0.2, 0.25) is 5.91 Å². The molecule has 1 aromatic heterocycles. The van der Waals surface area contributed by atoms with Gasteiger partial charge in [0.1, 0.15) is 11.6 Å². The minimum atomic E-state index is 0.169. The van der Waals surface area contributed by atoms with Crippen LogP contribution in [0.4, 0.5) is 5.82 Å². The molecule has 2 aromatic rings. The summed E-state index contributed by atoms with van der Waals surface area (Å²) in [6, 6.07) is 8.72. The number of hydrogen-bond acceptors (Lipinski definition) is 4. The van der Waals surface area contributed by atoms with Gasteiger partial charge in [-0.05, 0) is 45.6 Å². The molecule has 1 amide bonds. The van der Waals surface area contributed by atoms with Crippen LogP contribution in [0.15, 0.2) is 24.3 Å². The van der Waals surface area contributed by atoms with Gasteiger partial charge < -0.3 is 9.80 Å². The molecule has 1 saturated heterocycles. The molecule has 1 unspecified atom stereocenters. The number of aromatic nitrogens is 2. The van der Waals surface area contributed by atoms with Gasteiger partial charge in [0.15, 0.2) is 0 Å². The van der Waals surface area contributed by atoms with Gasteiger partial charge in [0.25, 0.3) is 0 Å². The quantitative estimate of drug-likeness (QED) is 0.567. The fraction of sp³-hybridized carbons (Fsp3) is 0.593. The SMILES string of the molecule is CCCCC(CC)C(=O)N1CCCN(c2nc(C)nc(C)c2Cc2ccc(C)cc2)CC1. The highest BCUT2D eigenvalue weighted by atomic mass is 16.2. The summed E-state index contributed by atoms with van der Waals surface area (Å²) >= 11 is 0. The minimum absolute atomic E-state index is 0.169. The molecule has 5 heteroatoms. The van der Waals surface area contributed by atoms with Gasteiger partial charge in [-0.25, -0.2) is 9.97 Å². The molecule has 0 N–H and O–H groups in total. The first-order chi connectivity index (χ1) is 15.4. The Morgan fingerprint density at radius 3 is 2.44 bits per heavy atom. The van der Waals surface area contributed by atoms with Crippen molar-refractivity contribution in [2.24, 2.45) is 5.92 Å². The van der Waals surface area contributed by atoms with E-state index in [4.69, 9.17) is 4.98 Å². The summed E-state index contributed by atoms with van der Waals surface area (Å²) in [5.41, 5.74) is 4.80.